The summed E-state index contributed by atoms with van der Waals surface area (Å²) in [5.41, 5.74) is 0.498. The molecule has 0 heterocycles. The van der Waals surface area contributed by atoms with Crippen LogP contribution in [0.3, 0.4) is 0 Å². The van der Waals surface area contributed by atoms with Gasteiger partial charge < -0.3 is 0 Å². The lowest BCUT2D eigenvalue weighted by Crippen LogP contribution is -2.35. The van der Waals surface area contributed by atoms with Crippen LogP contribution in [0, 0.1) is 5.41 Å². The van der Waals surface area contributed by atoms with Crippen molar-refractivity contribution < 1.29 is 8.42 Å². The summed E-state index contributed by atoms with van der Waals surface area (Å²) in [7, 11) is -3.28. The molecule has 0 aliphatic carbocycles. The lowest BCUT2D eigenvalue weighted by atomic mass is 9.65. The first kappa shape index (κ1) is 15.5. The summed E-state index contributed by atoms with van der Waals surface area (Å²) in [6.45, 7) is 10.4. The quantitative estimate of drug-likeness (QED) is 0.822. The number of hydrogen-bond acceptors (Lipinski definition) is 2. The number of rotatable bonds is 2. The van der Waals surface area contributed by atoms with Gasteiger partial charge in [-0.1, -0.05) is 52.3 Å². The maximum atomic E-state index is 11.9. The highest BCUT2D eigenvalue weighted by molar-refractivity contribution is 7.90. The van der Waals surface area contributed by atoms with Crippen LogP contribution >= 0.6 is 11.6 Å². The third-order valence-electron chi connectivity index (χ3n) is 3.89. The largest absolute Gasteiger partial charge is 0.224 e. The monoisotopic (exact) mass is 288 g/mol. The average molecular weight is 289 g/mol. The predicted octanol–water partition coefficient (Wildman–Crippen LogP) is 4.07. The maximum absolute atomic E-state index is 11.9. The first-order chi connectivity index (χ1) is 7.87. The van der Waals surface area contributed by atoms with Gasteiger partial charge in [-0.15, -0.1) is 0 Å². The standard InChI is InChI=1S/C14H21ClO2S/c1-13(2,3)14(4,5)11-8-7-10(15)9-12(11)18(6,16)17/h7-9H,1-6H3. The highest BCUT2D eigenvalue weighted by atomic mass is 35.5. The Morgan fingerprint density at radius 3 is 1.94 bits per heavy atom. The zero-order chi connectivity index (χ0) is 14.4. The highest BCUT2D eigenvalue weighted by Crippen LogP contribution is 2.43. The van der Waals surface area contributed by atoms with Crippen molar-refractivity contribution in [2.45, 2.75) is 44.9 Å². The van der Waals surface area contributed by atoms with Crippen molar-refractivity contribution in [3.63, 3.8) is 0 Å². The molecule has 4 heteroatoms. The molecule has 1 aromatic carbocycles. The minimum Gasteiger partial charge on any atom is -0.224 e. The third kappa shape index (κ3) is 2.89. The summed E-state index contributed by atoms with van der Waals surface area (Å²) in [5, 5.41) is 0.448. The molecule has 1 rings (SSSR count). The van der Waals surface area contributed by atoms with Crippen molar-refractivity contribution in [1.82, 2.24) is 0 Å². The Labute approximate surface area is 115 Å². The summed E-state index contributed by atoms with van der Waals surface area (Å²) in [6.07, 6.45) is 1.22. The average Bonchev–Trinajstić information content (AvgIpc) is 2.13. The van der Waals surface area contributed by atoms with E-state index in [1.807, 2.05) is 6.07 Å². The number of sulfone groups is 1. The van der Waals surface area contributed by atoms with E-state index in [4.69, 9.17) is 11.6 Å². The molecule has 0 aromatic heterocycles. The second-order valence-electron chi connectivity index (χ2n) is 6.29. The topological polar surface area (TPSA) is 34.1 Å². The molecule has 0 amide bonds. The van der Waals surface area contributed by atoms with E-state index in [1.54, 1.807) is 12.1 Å². The van der Waals surface area contributed by atoms with E-state index in [1.165, 1.54) is 6.26 Å². The van der Waals surface area contributed by atoms with E-state index < -0.39 is 9.84 Å². The predicted molar refractivity (Wildman–Crippen MR) is 77.0 cm³/mol. The summed E-state index contributed by atoms with van der Waals surface area (Å²) >= 11 is 5.92. The summed E-state index contributed by atoms with van der Waals surface area (Å²) < 4.78 is 23.8. The molecule has 0 unspecified atom stereocenters. The lowest BCUT2D eigenvalue weighted by Gasteiger charge is -2.40. The second-order valence-corrected chi connectivity index (χ2v) is 8.71. The fourth-order valence-corrected chi connectivity index (χ4v) is 3.02. The molecule has 0 atom stereocenters. The van der Waals surface area contributed by atoms with Crippen molar-refractivity contribution in [3.05, 3.63) is 28.8 Å². The molecular weight excluding hydrogens is 268 g/mol. The molecule has 2 nitrogen and oxygen atoms in total. The van der Waals surface area contributed by atoms with Crippen LogP contribution < -0.4 is 0 Å². The van der Waals surface area contributed by atoms with Crippen LogP contribution in [0.1, 0.15) is 40.2 Å². The molecule has 0 radical (unpaired) electrons. The molecule has 1 aromatic rings. The van der Waals surface area contributed by atoms with E-state index in [2.05, 4.69) is 34.6 Å². The molecule has 0 fully saturated rings. The van der Waals surface area contributed by atoms with Crippen molar-refractivity contribution in [2.24, 2.45) is 5.41 Å². The van der Waals surface area contributed by atoms with Gasteiger partial charge in [0.15, 0.2) is 9.84 Å². The summed E-state index contributed by atoms with van der Waals surface area (Å²) in [4.78, 5) is 0.329. The van der Waals surface area contributed by atoms with Crippen LogP contribution in [0.25, 0.3) is 0 Å². The maximum Gasteiger partial charge on any atom is 0.175 e. The molecular formula is C14H21ClO2S. The van der Waals surface area contributed by atoms with Gasteiger partial charge in [-0.3, -0.25) is 0 Å². The lowest BCUT2D eigenvalue weighted by molar-refractivity contribution is 0.222. The van der Waals surface area contributed by atoms with Gasteiger partial charge in [0, 0.05) is 11.3 Å². The fraction of sp³-hybridized carbons (Fsp3) is 0.571. The van der Waals surface area contributed by atoms with E-state index in [0.29, 0.717) is 9.92 Å². The Balaban J connectivity index is 3.62. The SMILES string of the molecule is CC(C)(C)C(C)(C)c1ccc(Cl)cc1S(C)(=O)=O. The van der Waals surface area contributed by atoms with Crippen molar-refractivity contribution >= 4 is 21.4 Å². The van der Waals surface area contributed by atoms with Crippen LogP contribution in [0.2, 0.25) is 5.02 Å². The smallest absolute Gasteiger partial charge is 0.175 e. The number of benzene rings is 1. The Bertz CT molecular complexity index is 552. The minimum atomic E-state index is -3.28. The Kier molecular flexibility index (Phi) is 3.91. The summed E-state index contributed by atoms with van der Waals surface area (Å²) in [5.74, 6) is 0. The minimum absolute atomic E-state index is 0.0553. The third-order valence-corrected chi connectivity index (χ3v) is 5.26. The molecule has 18 heavy (non-hydrogen) atoms. The molecule has 0 N–H and O–H groups in total. The first-order valence-electron chi connectivity index (χ1n) is 5.87. The van der Waals surface area contributed by atoms with Gasteiger partial charge in [0.1, 0.15) is 0 Å². The second kappa shape index (κ2) is 4.53. The van der Waals surface area contributed by atoms with Crippen LogP contribution in [-0.4, -0.2) is 14.7 Å². The Morgan fingerprint density at radius 2 is 1.56 bits per heavy atom. The normalized spacial score (nSPS) is 13.7. The fourth-order valence-electron chi connectivity index (χ4n) is 1.72. The van der Waals surface area contributed by atoms with Gasteiger partial charge in [0.2, 0.25) is 0 Å². The molecule has 0 aliphatic heterocycles. The Morgan fingerprint density at radius 1 is 1.06 bits per heavy atom. The van der Waals surface area contributed by atoms with Crippen LogP contribution in [0.15, 0.2) is 23.1 Å². The number of halogens is 1. The number of hydrogen-bond donors (Lipinski definition) is 0. The summed E-state index contributed by atoms with van der Waals surface area (Å²) in [6, 6.07) is 5.11. The van der Waals surface area contributed by atoms with Crippen LogP contribution in [0.4, 0.5) is 0 Å². The molecule has 0 spiro atoms. The molecule has 0 saturated carbocycles. The Hall–Kier alpha value is -0.540. The molecule has 0 bridgehead atoms. The van der Waals surface area contributed by atoms with Crippen LogP contribution in [0.5, 0.6) is 0 Å². The van der Waals surface area contributed by atoms with Gasteiger partial charge in [-0.05, 0) is 28.5 Å². The zero-order valence-electron chi connectivity index (χ0n) is 11.8. The van der Waals surface area contributed by atoms with Crippen molar-refractivity contribution in [3.8, 4) is 0 Å². The van der Waals surface area contributed by atoms with Gasteiger partial charge in [0.05, 0.1) is 4.90 Å². The highest BCUT2D eigenvalue weighted by Gasteiger charge is 2.37. The van der Waals surface area contributed by atoms with Gasteiger partial charge in [-0.2, -0.15) is 0 Å². The van der Waals surface area contributed by atoms with Gasteiger partial charge in [-0.25, -0.2) is 8.42 Å². The van der Waals surface area contributed by atoms with Gasteiger partial charge >= 0.3 is 0 Å². The zero-order valence-corrected chi connectivity index (χ0v) is 13.4. The molecule has 0 aliphatic rings. The van der Waals surface area contributed by atoms with Crippen LogP contribution in [-0.2, 0) is 15.3 Å². The first-order valence-corrected chi connectivity index (χ1v) is 8.14. The van der Waals surface area contributed by atoms with E-state index in [9.17, 15) is 8.42 Å². The van der Waals surface area contributed by atoms with E-state index in [-0.39, 0.29) is 10.8 Å². The van der Waals surface area contributed by atoms with Gasteiger partial charge in [0.25, 0.3) is 0 Å². The van der Waals surface area contributed by atoms with E-state index in [0.717, 1.165) is 5.56 Å². The van der Waals surface area contributed by atoms with Crippen molar-refractivity contribution in [1.29, 1.82) is 0 Å². The van der Waals surface area contributed by atoms with Crippen molar-refractivity contribution in [2.75, 3.05) is 6.26 Å². The molecule has 0 saturated heterocycles. The van der Waals surface area contributed by atoms with E-state index >= 15 is 0 Å². The molecule has 102 valence electrons.